The second-order valence-electron chi connectivity index (χ2n) is 6.82. The zero-order valence-corrected chi connectivity index (χ0v) is 16.3. The van der Waals surface area contributed by atoms with Crippen LogP contribution in [-0.4, -0.2) is 86.8 Å². The summed E-state index contributed by atoms with van der Waals surface area (Å²) in [5.41, 5.74) is 0.499. The molecule has 0 saturated carbocycles. The Morgan fingerprint density at radius 2 is 2.04 bits per heavy atom. The van der Waals surface area contributed by atoms with Gasteiger partial charge in [-0.1, -0.05) is 0 Å². The second-order valence-corrected chi connectivity index (χ2v) is 9.04. The quantitative estimate of drug-likeness (QED) is 0.668. The van der Waals surface area contributed by atoms with Gasteiger partial charge in [-0.15, -0.1) is 0 Å². The summed E-state index contributed by atoms with van der Waals surface area (Å²) >= 11 is 0. The van der Waals surface area contributed by atoms with Crippen LogP contribution in [0.5, 0.6) is 0 Å². The van der Waals surface area contributed by atoms with Gasteiger partial charge in [0.25, 0.3) is 11.8 Å². The highest BCUT2D eigenvalue weighted by Gasteiger charge is 2.33. The predicted octanol–water partition coefficient (Wildman–Crippen LogP) is 0.0222. The summed E-state index contributed by atoms with van der Waals surface area (Å²) in [6.45, 7) is 1.41. The molecule has 2 amide bonds. The molecule has 144 valence electrons. The molecule has 8 nitrogen and oxygen atoms in total. The number of hydrogen-bond acceptors (Lipinski definition) is 6. The van der Waals surface area contributed by atoms with E-state index in [1.54, 1.807) is 13.1 Å². The maximum atomic E-state index is 12.6. The Bertz CT molecular complexity index is 764. The fraction of sp³-hybridized carbons (Fsp3) is 0.588. The average Bonchev–Trinajstić information content (AvgIpc) is 2.97. The Labute approximate surface area is 154 Å². The van der Waals surface area contributed by atoms with Crippen molar-refractivity contribution in [1.29, 1.82) is 0 Å². The third-order valence-electron chi connectivity index (χ3n) is 4.39. The first-order chi connectivity index (χ1) is 12.2. The molecule has 0 aromatic carbocycles. The minimum absolute atomic E-state index is 0.0265. The van der Waals surface area contributed by atoms with E-state index in [9.17, 15) is 18.0 Å². The molecule has 9 heteroatoms. The third kappa shape index (κ3) is 5.50. The van der Waals surface area contributed by atoms with Crippen molar-refractivity contribution in [3.8, 4) is 0 Å². The molecular formula is C17H26N4O4S. The molecule has 1 aromatic heterocycles. The number of rotatable bonds is 7. The van der Waals surface area contributed by atoms with Crippen molar-refractivity contribution in [3.05, 3.63) is 29.6 Å². The molecule has 1 atom stereocenters. The molecular weight excluding hydrogens is 356 g/mol. The van der Waals surface area contributed by atoms with Crippen LogP contribution in [0.1, 0.15) is 33.7 Å². The van der Waals surface area contributed by atoms with Gasteiger partial charge in [0.1, 0.15) is 5.69 Å². The van der Waals surface area contributed by atoms with Gasteiger partial charge in [-0.3, -0.25) is 14.6 Å². The molecule has 0 radical (unpaired) electrons. The van der Waals surface area contributed by atoms with Crippen LogP contribution >= 0.6 is 0 Å². The average molecular weight is 382 g/mol. The summed E-state index contributed by atoms with van der Waals surface area (Å²) in [5, 5.41) is 2.82. The maximum absolute atomic E-state index is 12.6. The normalized spacial score (nSPS) is 18.7. The van der Waals surface area contributed by atoms with Crippen LogP contribution in [0, 0.1) is 0 Å². The van der Waals surface area contributed by atoms with Gasteiger partial charge in [-0.05, 0) is 45.6 Å². The largest absolute Gasteiger partial charge is 0.352 e. The smallest absolute Gasteiger partial charge is 0.272 e. The van der Waals surface area contributed by atoms with E-state index in [-0.39, 0.29) is 35.1 Å². The fourth-order valence-electron chi connectivity index (χ4n) is 2.82. The molecule has 1 fully saturated rings. The summed E-state index contributed by atoms with van der Waals surface area (Å²) in [4.78, 5) is 32.3. The molecule has 26 heavy (non-hydrogen) atoms. The lowest BCUT2D eigenvalue weighted by atomic mass is 10.1. The Morgan fingerprint density at radius 1 is 1.31 bits per heavy atom. The highest BCUT2D eigenvalue weighted by Crippen LogP contribution is 2.18. The van der Waals surface area contributed by atoms with Crippen molar-refractivity contribution >= 4 is 21.7 Å². The summed E-state index contributed by atoms with van der Waals surface area (Å²) in [5.74, 6) is -0.569. The van der Waals surface area contributed by atoms with Gasteiger partial charge in [0, 0.05) is 31.4 Å². The van der Waals surface area contributed by atoms with Crippen LogP contribution in [0.25, 0.3) is 0 Å². The van der Waals surface area contributed by atoms with Gasteiger partial charge in [0.15, 0.2) is 9.84 Å². The molecule has 1 aliphatic heterocycles. The first-order valence-electron chi connectivity index (χ1n) is 8.56. The number of pyridine rings is 1. The number of amides is 2. The summed E-state index contributed by atoms with van der Waals surface area (Å²) < 4.78 is 23.2. The lowest BCUT2D eigenvalue weighted by Crippen LogP contribution is -2.38. The highest BCUT2D eigenvalue weighted by atomic mass is 32.2. The number of nitrogens with one attached hydrogen (secondary N) is 1. The standard InChI is InChI=1S/C17H26N4O4S/c1-20(2)9-4-7-19-16(22)13-5-8-18-15(11-13)17(23)21(3)14-6-10-26(24,25)12-14/h5,8,11,14H,4,6-7,9-10,12H2,1-3H3,(H,19,22). The molecule has 1 aromatic rings. The topological polar surface area (TPSA) is 99.7 Å². The summed E-state index contributed by atoms with van der Waals surface area (Å²) in [7, 11) is 2.43. The molecule has 0 aliphatic carbocycles. The minimum atomic E-state index is -3.08. The molecule has 2 rings (SSSR count). The predicted molar refractivity (Wildman–Crippen MR) is 98.9 cm³/mol. The molecule has 1 aliphatic rings. The first-order valence-corrected chi connectivity index (χ1v) is 10.4. The molecule has 1 N–H and O–H groups in total. The number of carbonyl (C=O) groups excluding carboxylic acids is 2. The van der Waals surface area contributed by atoms with E-state index in [0.717, 1.165) is 13.0 Å². The zero-order chi connectivity index (χ0) is 19.3. The molecule has 1 saturated heterocycles. The van der Waals surface area contributed by atoms with Gasteiger partial charge in [-0.25, -0.2) is 8.42 Å². The molecule has 1 unspecified atom stereocenters. The van der Waals surface area contributed by atoms with Gasteiger partial charge < -0.3 is 15.1 Å². The van der Waals surface area contributed by atoms with E-state index >= 15 is 0 Å². The van der Waals surface area contributed by atoms with Crippen molar-refractivity contribution < 1.29 is 18.0 Å². The van der Waals surface area contributed by atoms with E-state index in [4.69, 9.17) is 0 Å². The minimum Gasteiger partial charge on any atom is -0.352 e. The molecule has 0 spiro atoms. The maximum Gasteiger partial charge on any atom is 0.272 e. The first kappa shape index (κ1) is 20.3. The summed E-state index contributed by atoms with van der Waals surface area (Å²) in [6, 6.07) is 2.65. The monoisotopic (exact) mass is 382 g/mol. The zero-order valence-electron chi connectivity index (χ0n) is 15.4. The number of carbonyl (C=O) groups is 2. The van der Waals surface area contributed by atoms with Crippen molar-refractivity contribution in [2.75, 3.05) is 45.7 Å². The van der Waals surface area contributed by atoms with Crippen LogP contribution < -0.4 is 5.32 Å². The highest BCUT2D eigenvalue weighted by molar-refractivity contribution is 7.91. The summed E-state index contributed by atoms with van der Waals surface area (Å²) in [6.07, 6.45) is 2.67. The van der Waals surface area contributed by atoms with Crippen LogP contribution in [0.15, 0.2) is 18.3 Å². The van der Waals surface area contributed by atoms with Crippen molar-refractivity contribution in [2.45, 2.75) is 18.9 Å². The Balaban J connectivity index is 1.99. The Hall–Kier alpha value is -2.00. The van der Waals surface area contributed by atoms with E-state index in [1.807, 2.05) is 19.0 Å². The van der Waals surface area contributed by atoms with Gasteiger partial charge in [0.2, 0.25) is 0 Å². The van der Waals surface area contributed by atoms with E-state index < -0.39 is 9.84 Å². The van der Waals surface area contributed by atoms with E-state index in [2.05, 4.69) is 10.3 Å². The SMILES string of the molecule is CN(C)CCCNC(=O)c1ccnc(C(=O)N(C)C2CCS(=O)(=O)C2)c1. The number of sulfone groups is 1. The van der Waals surface area contributed by atoms with E-state index in [1.165, 1.54) is 17.2 Å². The van der Waals surface area contributed by atoms with Crippen LogP contribution in [0.2, 0.25) is 0 Å². The Morgan fingerprint density at radius 3 is 2.65 bits per heavy atom. The number of hydrogen-bond donors (Lipinski definition) is 1. The third-order valence-corrected chi connectivity index (χ3v) is 6.14. The number of aromatic nitrogens is 1. The van der Waals surface area contributed by atoms with Gasteiger partial charge in [0.05, 0.1) is 11.5 Å². The lowest BCUT2D eigenvalue weighted by Gasteiger charge is -2.23. The number of nitrogens with zero attached hydrogens (tertiary/aromatic N) is 3. The van der Waals surface area contributed by atoms with Crippen LogP contribution in [0.4, 0.5) is 0 Å². The molecule has 2 heterocycles. The van der Waals surface area contributed by atoms with Crippen molar-refractivity contribution in [1.82, 2.24) is 20.1 Å². The molecule has 0 bridgehead atoms. The van der Waals surface area contributed by atoms with Crippen LogP contribution in [0.3, 0.4) is 0 Å². The van der Waals surface area contributed by atoms with Crippen molar-refractivity contribution in [2.24, 2.45) is 0 Å². The van der Waals surface area contributed by atoms with Crippen molar-refractivity contribution in [3.63, 3.8) is 0 Å². The van der Waals surface area contributed by atoms with Gasteiger partial charge in [-0.2, -0.15) is 0 Å². The second kappa shape index (κ2) is 8.59. The van der Waals surface area contributed by atoms with E-state index in [0.29, 0.717) is 18.5 Å². The van der Waals surface area contributed by atoms with Gasteiger partial charge >= 0.3 is 0 Å². The lowest BCUT2D eigenvalue weighted by molar-refractivity contribution is 0.0741. The Kier molecular flexibility index (Phi) is 6.71. The van der Waals surface area contributed by atoms with Crippen LogP contribution in [-0.2, 0) is 9.84 Å². The fourth-order valence-corrected chi connectivity index (χ4v) is 4.59.